The number of amides is 1. The highest BCUT2D eigenvalue weighted by atomic mass is 16.5. The Morgan fingerprint density at radius 2 is 1.97 bits per heavy atom. The summed E-state index contributed by atoms with van der Waals surface area (Å²) in [6.07, 6.45) is 3.87. The Morgan fingerprint density at radius 1 is 1.18 bits per heavy atom. The van der Waals surface area contributed by atoms with Gasteiger partial charge in [0, 0.05) is 42.4 Å². The van der Waals surface area contributed by atoms with Gasteiger partial charge in [-0.2, -0.15) is 5.10 Å². The van der Waals surface area contributed by atoms with Crippen molar-refractivity contribution in [2.45, 2.75) is 25.3 Å². The maximum atomic E-state index is 13.7. The summed E-state index contributed by atoms with van der Waals surface area (Å²) >= 11 is 0. The van der Waals surface area contributed by atoms with Crippen LogP contribution in [0.25, 0.3) is 11.3 Å². The van der Waals surface area contributed by atoms with Crippen LogP contribution < -0.4 is 4.74 Å². The number of hydrogen-bond acceptors (Lipinski definition) is 5. The minimum absolute atomic E-state index is 0.139. The average Bonchev–Trinajstić information content (AvgIpc) is 3.51. The Bertz CT molecular complexity index is 1310. The zero-order valence-electron chi connectivity index (χ0n) is 19.1. The molecule has 2 aromatic heterocycles. The number of aromatic nitrogens is 3. The monoisotopic (exact) mass is 442 g/mol. The minimum Gasteiger partial charge on any atom is -0.497 e. The molecule has 0 fully saturated rings. The predicted molar refractivity (Wildman–Crippen MR) is 124 cm³/mol. The van der Waals surface area contributed by atoms with E-state index in [1.54, 1.807) is 17.9 Å². The van der Waals surface area contributed by atoms with Gasteiger partial charge in [0.1, 0.15) is 5.75 Å². The lowest BCUT2D eigenvalue weighted by Gasteiger charge is -2.45. The van der Waals surface area contributed by atoms with Crippen molar-refractivity contribution in [3.63, 3.8) is 0 Å². The van der Waals surface area contributed by atoms with Crippen LogP contribution in [0.5, 0.6) is 5.75 Å². The molecule has 2 unspecified atom stereocenters. The molecule has 4 aromatic rings. The predicted octanol–water partition coefficient (Wildman–Crippen LogP) is 4.61. The maximum Gasteiger partial charge on any atom is 0.276 e. The fourth-order valence-electron chi connectivity index (χ4n) is 4.70. The molecule has 0 radical (unpaired) electrons. The van der Waals surface area contributed by atoms with Crippen LogP contribution in [0.15, 0.2) is 71.5 Å². The van der Waals surface area contributed by atoms with Gasteiger partial charge in [-0.05, 0) is 37.1 Å². The Labute approximate surface area is 192 Å². The summed E-state index contributed by atoms with van der Waals surface area (Å²) in [6.45, 7) is 4.67. The van der Waals surface area contributed by atoms with Crippen LogP contribution in [0.4, 0.5) is 0 Å². The van der Waals surface area contributed by atoms with Crippen molar-refractivity contribution in [2.75, 3.05) is 13.7 Å². The SMILES string of the molecule is COc1ccc2c(c1)C(C)(c1cnn(C)c1)CN(C(=O)c1cc(-c3ccccc3)on1)C2C. The lowest BCUT2D eigenvalue weighted by Crippen LogP contribution is -2.49. The first kappa shape index (κ1) is 21.0. The molecule has 2 aromatic carbocycles. The second-order valence-corrected chi connectivity index (χ2v) is 8.74. The molecule has 0 aliphatic carbocycles. The number of methoxy groups -OCH3 is 1. The van der Waals surface area contributed by atoms with E-state index in [2.05, 4.69) is 23.2 Å². The van der Waals surface area contributed by atoms with Gasteiger partial charge in [0.15, 0.2) is 11.5 Å². The summed E-state index contributed by atoms with van der Waals surface area (Å²) in [5, 5.41) is 8.50. The number of benzene rings is 2. The summed E-state index contributed by atoms with van der Waals surface area (Å²) in [6, 6.07) is 17.3. The van der Waals surface area contributed by atoms with Crippen molar-refractivity contribution in [1.29, 1.82) is 0 Å². The molecule has 7 heteroatoms. The smallest absolute Gasteiger partial charge is 0.276 e. The highest BCUT2D eigenvalue weighted by Crippen LogP contribution is 2.45. The Hall–Kier alpha value is -3.87. The molecule has 5 rings (SSSR count). The van der Waals surface area contributed by atoms with Crippen LogP contribution in [0.1, 0.15) is 47.1 Å². The zero-order chi connectivity index (χ0) is 23.2. The lowest BCUT2D eigenvalue weighted by molar-refractivity contribution is 0.0616. The van der Waals surface area contributed by atoms with E-state index in [-0.39, 0.29) is 11.9 Å². The van der Waals surface area contributed by atoms with Gasteiger partial charge in [0.2, 0.25) is 0 Å². The number of carbonyl (C=O) groups is 1. The van der Waals surface area contributed by atoms with E-state index in [4.69, 9.17) is 9.26 Å². The van der Waals surface area contributed by atoms with E-state index in [9.17, 15) is 4.79 Å². The maximum absolute atomic E-state index is 13.7. The Balaban J connectivity index is 1.56. The second-order valence-electron chi connectivity index (χ2n) is 8.74. The number of nitrogens with zero attached hydrogens (tertiary/aromatic N) is 4. The molecule has 0 saturated carbocycles. The fraction of sp³-hybridized carbons (Fsp3) is 0.269. The van der Waals surface area contributed by atoms with Crippen LogP contribution >= 0.6 is 0 Å². The van der Waals surface area contributed by atoms with Crippen LogP contribution in [-0.2, 0) is 12.5 Å². The molecule has 1 aliphatic heterocycles. The molecule has 0 N–H and O–H groups in total. The number of carbonyl (C=O) groups excluding carboxylic acids is 1. The summed E-state index contributed by atoms with van der Waals surface area (Å²) in [5.74, 6) is 1.20. The van der Waals surface area contributed by atoms with Crippen LogP contribution in [0.3, 0.4) is 0 Å². The van der Waals surface area contributed by atoms with Crippen LogP contribution in [0, 0.1) is 0 Å². The van der Waals surface area contributed by atoms with E-state index in [0.717, 1.165) is 28.0 Å². The third-order valence-corrected chi connectivity index (χ3v) is 6.65. The normalized spacial score (nSPS) is 19.9. The highest BCUT2D eigenvalue weighted by molar-refractivity contribution is 5.94. The van der Waals surface area contributed by atoms with E-state index in [1.807, 2.05) is 73.7 Å². The number of fused-ring (bicyclic) bond motifs is 1. The largest absolute Gasteiger partial charge is 0.497 e. The van der Waals surface area contributed by atoms with Gasteiger partial charge in [-0.25, -0.2) is 0 Å². The Kier molecular flexibility index (Phi) is 5.04. The molecule has 1 amide bonds. The number of hydrogen-bond donors (Lipinski definition) is 0. The first-order valence-corrected chi connectivity index (χ1v) is 10.9. The third kappa shape index (κ3) is 3.50. The number of ether oxygens (including phenoxy) is 1. The van der Waals surface area contributed by atoms with Crippen molar-refractivity contribution in [1.82, 2.24) is 19.8 Å². The standard InChI is InChI=1S/C26H26N4O3/c1-17-21-11-10-20(32-4)12-22(21)26(2,19-14-27-29(3)15-19)16-30(17)25(31)23-13-24(33-28-23)18-8-6-5-7-9-18/h5-15,17H,16H2,1-4H3. The van der Waals surface area contributed by atoms with E-state index in [1.165, 1.54) is 0 Å². The molecule has 0 spiro atoms. The molecule has 0 bridgehead atoms. The van der Waals surface area contributed by atoms with Gasteiger partial charge in [-0.15, -0.1) is 0 Å². The molecule has 2 atom stereocenters. The van der Waals surface area contributed by atoms with Gasteiger partial charge in [0.25, 0.3) is 5.91 Å². The third-order valence-electron chi connectivity index (χ3n) is 6.65. The Morgan fingerprint density at radius 3 is 2.67 bits per heavy atom. The molecular weight excluding hydrogens is 416 g/mol. The fourth-order valence-corrected chi connectivity index (χ4v) is 4.70. The van der Waals surface area contributed by atoms with E-state index >= 15 is 0 Å². The van der Waals surface area contributed by atoms with Gasteiger partial charge in [-0.3, -0.25) is 9.48 Å². The summed E-state index contributed by atoms with van der Waals surface area (Å²) in [4.78, 5) is 15.5. The topological polar surface area (TPSA) is 73.4 Å². The molecule has 168 valence electrons. The van der Waals surface area contributed by atoms with Crippen molar-refractivity contribution in [3.8, 4) is 17.1 Å². The summed E-state index contributed by atoms with van der Waals surface area (Å²) in [7, 11) is 3.56. The first-order chi connectivity index (χ1) is 15.9. The van der Waals surface area contributed by atoms with Crippen molar-refractivity contribution < 1.29 is 14.1 Å². The average molecular weight is 443 g/mol. The minimum atomic E-state index is -0.466. The molecule has 0 saturated heterocycles. The first-order valence-electron chi connectivity index (χ1n) is 10.9. The van der Waals surface area contributed by atoms with Crippen molar-refractivity contribution in [3.05, 3.63) is 89.4 Å². The van der Waals surface area contributed by atoms with E-state index in [0.29, 0.717) is 18.0 Å². The molecule has 3 heterocycles. The van der Waals surface area contributed by atoms with Gasteiger partial charge in [-0.1, -0.05) is 41.6 Å². The second kappa shape index (κ2) is 7.92. The van der Waals surface area contributed by atoms with Crippen LogP contribution in [0.2, 0.25) is 0 Å². The quantitative estimate of drug-likeness (QED) is 0.462. The number of aryl methyl sites for hydroxylation is 1. The summed E-state index contributed by atoms with van der Waals surface area (Å²) < 4.78 is 12.8. The molecule has 33 heavy (non-hydrogen) atoms. The van der Waals surface area contributed by atoms with Gasteiger partial charge < -0.3 is 14.2 Å². The van der Waals surface area contributed by atoms with Gasteiger partial charge in [0.05, 0.1) is 19.3 Å². The zero-order valence-corrected chi connectivity index (χ0v) is 19.1. The molecule has 7 nitrogen and oxygen atoms in total. The summed E-state index contributed by atoms with van der Waals surface area (Å²) in [5.41, 5.74) is 3.96. The van der Waals surface area contributed by atoms with Crippen molar-refractivity contribution >= 4 is 5.91 Å². The van der Waals surface area contributed by atoms with Crippen molar-refractivity contribution in [2.24, 2.45) is 7.05 Å². The molecular formula is C26H26N4O3. The van der Waals surface area contributed by atoms with Crippen LogP contribution in [-0.4, -0.2) is 39.4 Å². The lowest BCUT2D eigenvalue weighted by atomic mass is 9.71. The number of rotatable bonds is 4. The highest BCUT2D eigenvalue weighted by Gasteiger charge is 2.43. The van der Waals surface area contributed by atoms with E-state index < -0.39 is 5.41 Å². The van der Waals surface area contributed by atoms with Gasteiger partial charge >= 0.3 is 0 Å². The molecule has 1 aliphatic rings.